The van der Waals surface area contributed by atoms with Crippen molar-refractivity contribution in [1.82, 2.24) is 4.40 Å². The topological polar surface area (TPSA) is 21.5 Å². The predicted octanol–water partition coefficient (Wildman–Crippen LogP) is 13.0. The van der Waals surface area contributed by atoms with E-state index in [-0.39, 0.29) is 8.41 Å². The highest BCUT2D eigenvalue weighted by molar-refractivity contribution is 6.22. The van der Waals surface area contributed by atoms with Crippen LogP contribution in [0.3, 0.4) is 0 Å². The zero-order valence-electron chi connectivity index (χ0n) is 27.8. The molecule has 0 aliphatic heterocycles. The second-order valence-corrected chi connectivity index (χ2v) is 13.3. The third-order valence-electron chi connectivity index (χ3n) is 10.3. The molecular weight excluding hydrogens is 619 g/mol. The summed E-state index contributed by atoms with van der Waals surface area (Å²) in [5.74, 6) is 0. The van der Waals surface area contributed by atoms with Gasteiger partial charge in [-0.25, -0.2) is 0 Å². The summed E-state index contributed by atoms with van der Waals surface area (Å²) in [5, 5.41) is 4.91. The molecule has 0 spiro atoms. The van der Waals surface area contributed by atoms with E-state index in [2.05, 4.69) is 170 Å². The Morgan fingerprint density at radius 1 is 0.294 bits per heavy atom. The number of fused-ring (bicyclic) bond motifs is 5. The van der Waals surface area contributed by atoms with E-state index in [0.29, 0.717) is 0 Å². The molecule has 0 saturated carbocycles. The molecule has 2 nitrogen and oxygen atoms in total. The Morgan fingerprint density at radius 3 is 1.25 bits per heavy atom. The lowest BCUT2D eigenvalue weighted by Crippen LogP contribution is -2.13. The largest absolute Gasteiger partial charge is 0.275 e. The number of hydrogen-bond acceptors (Lipinski definition) is 1. The van der Waals surface area contributed by atoms with Gasteiger partial charge in [0.1, 0.15) is 0 Å². The molecule has 8 aromatic carbocycles. The van der Waals surface area contributed by atoms with E-state index in [9.17, 15) is 4.79 Å². The normalized spacial score (nSPS) is 11.6. The van der Waals surface area contributed by atoms with Gasteiger partial charge in [-0.2, -0.15) is 0 Å². The first-order valence-electron chi connectivity index (χ1n) is 17.4. The van der Waals surface area contributed by atoms with Crippen molar-refractivity contribution in [3.05, 3.63) is 198 Å². The minimum atomic E-state index is 0. The van der Waals surface area contributed by atoms with Crippen molar-refractivity contribution in [1.29, 1.82) is 0 Å². The van der Waals surface area contributed by atoms with Crippen LogP contribution in [0, 0.1) is 0 Å². The van der Waals surface area contributed by atoms with Crippen LogP contribution in [-0.4, -0.2) is 4.40 Å². The molecule has 0 aliphatic carbocycles. The van der Waals surface area contributed by atoms with Crippen molar-refractivity contribution in [2.24, 2.45) is 0 Å². The standard InChI is InChI=1S/C49H31NO.2H2/c51-49-42-24-22-39(34-16-8-3-9-17-34)28-43(42)45-30-41(38-21-11-19-36(27-38)33-14-6-2-7-15-33)31-46-44-29-40(23-25-47(44)50(49)48(45)46)37-20-10-18-35(26-37)32-12-4-1-5-13-32;;/h1-31H;2*1H. The van der Waals surface area contributed by atoms with Gasteiger partial charge in [-0.3, -0.25) is 9.20 Å². The third kappa shape index (κ3) is 4.84. The van der Waals surface area contributed by atoms with E-state index in [1.54, 1.807) is 0 Å². The van der Waals surface area contributed by atoms with Gasteiger partial charge in [0.05, 0.1) is 11.0 Å². The molecule has 0 fully saturated rings. The van der Waals surface area contributed by atoms with E-state index in [0.717, 1.165) is 71.3 Å². The molecule has 0 saturated heterocycles. The van der Waals surface area contributed by atoms with Gasteiger partial charge in [-0.05, 0) is 110 Å². The van der Waals surface area contributed by atoms with E-state index >= 15 is 0 Å². The summed E-state index contributed by atoms with van der Waals surface area (Å²) >= 11 is 0. The molecule has 2 heteroatoms. The minimum absolute atomic E-state index is 0. The van der Waals surface area contributed by atoms with Crippen LogP contribution in [0.1, 0.15) is 2.85 Å². The van der Waals surface area contributed by atoms with Crippen LogP contribution in [0.4, 0.5) is 0 Å². The lowest BCUT2D eigenvalue weighted by atomic mass is 9.94. The molecule has 2 aromatic heterocycles. The lowest BCUT2D eigenvalue weighted by Gasteiger charge is -2.12. The Labute approximate surface area is 298 Å². The predicted molar refractivity (Wildman–Crippen MR) is 219 cm³/mol. The van der Waals surface area contributed by atoms with Crippen molar-refractivity contribution in [2.75, 3.05) is 0 Å². The molecule has 0 aliphatic rings. The van der Waals surface area contributed by atoms with Crippen LogP contribution < -0.4 is 5.56 Å². The zero-order chi connectivity index (χ0) is 33.9. The van der Waals surface area contributed by atoms with Crippen LogP contribution in [-0.2, 0) is 0 Å². The highest BCUT2D eigenvalue weighted by atomic mass is 16.1. The number of hydrogen-bond donors (Lipinski definition) is 0. The number of benzene rings is 8. The van der Waals surface area contributed by atoms with Gasteiger partial charge in [0.25, 0.3) is 5.56 Å². The minimum Gasteiger partial charge on any atom is -0.275 e. The van der Waals surface area contributed by atoms with Gasteiger partial charge < -0.3 is 0 Å². The Balaban J connectivity index is 0.00000200. The molecule has 0 atom stereocenters. The van der Waals surface area contributed by atoms with Gasteiger partial charge >= 0.3 is 0 Å². The van der Waals surface area contributed by atoms with Crippen LogP contribution in [0.25, 0.3) is 93.6 Å². The van der Waals surface area contributed by atoms with E-state index < -0.39 is 0 Å². The van der Waals surface area contributed by atoms with Gasteiger partial charge in [0, 0.05) is 24.4 Å². The Kier molecular flexibility index (Phi) is 6.68. The summed E-state index contributed by atoms with van der Waals surface area (Å²) in [6, 6.07) is 66.3. The van der Waals surface area contributed by atoms with Crippen molar-refractivity contribution in [3.63, 3.8) is 0 Å². The smallest absolute Gasteiger partial charge is 0.263 e. The van der Waals surface area contributed by atoms with Crippen LogP contribution >= 0.6 is 0 Å². The first-order valence-corrected chi connectivity index (χ1v) is 17.4. The fraction of sp³-hybridized carbons (Fsp3) is 0. The molecule has 51 heavy (non-hydrogen) atoms. The SMILES string of the molecule is O=c1c2ccc(-c3ccccc3)cc2c2cc(-c3cccc(-c4ccccc4)c3)cc3c4cc(-c5cccc(-c6ccccc6)c5)ccc4n1c23.[HH].[HH]. The molecule has 0 bridgehead atoms. The van der Waals surface area contributed by atoms with E-state index in [4.69, 9.17) is 0 Å². The maximum absolute atomic E-state index is 14.5. The summed E-state index contributed by atoms with van der Waals surface area (Å²) in [7, 11) is 0. The zero-order valence-corrected chi connectivity index (χ0v) is 27.8. The molecule has 2 heterocycles. The molecule has 0 amide bonds. The van der Waals surface area contributed by atoms with Crippen LogP contribution in [0.5, 0.6) is 0 Å². The van der Waals surface area contributed by atoms with Gasteiger partial charge in [0.2, 0.25) is 0 Å². The number of nitrogens with zero attached hydrogens (tertiary/aromatic N) is 1. The summed E-state index contributed by atoms with van der Waals surface area (Å²) in [6.45, 7) is 0. The third-order valence-corrected chi connectivity index (χ3v) is 10.3. The van der Waals surface area contributed by atoms with E-state index in [1.807, 2.05) is 22.6 Å². The fourth-order valence-corrected chi connectivity index (χ4v) is 7.81. The summed E-state index contributed by atoms with van der Waals surface area (Å²) in [6.07, 6.45) is 0. The Bertz CT molecular complexity index is 2970. The molecule has 10 rings (SSSR count). The highest BCUT2D eigenvalue weighted by Gasteiger charge is 2.20. The van der Waals surface area contributed by atoms with Crippen molar-refractivity contribution < 1.29 is 2.85 Å². The Hall–Kier alpha value is -6.77. The van der Waals surface area contributed by atoms with Gasteiger partial charge in [-0.15, -0.1) is 0 Å². The lowest BCUT2D eigenvalue weighted by molar-refractivity contribution is 1.21. The fourth-order valence-electron chi connectivity index (χ4n) is 7.81. The molecule has 0 N–H and O–H groups in total. The quantitative estimate of drug-likeness (QED) is 0.169. The Morgan fingerprint density at radius 2 is 0.686 bits per heavy atom. The van der Waals surface area contributed by atoms with Crippen molar-refractivity contribution in [3.8, 4) is 55.6 Å². The maximum Gasteiger partial charge on any atom is 0.263 e. The van der Waals surface area contributed by atoms with Crippen LogP contribution in [0.15, 0.2) is 193 Å². The molecule has 0 unspecified atom stereocenters. The summed E-state index contributed by atoms with van der Waals surface area (Å²) < 4.78 is 1.94. The maximum atomic E-state index is 14.5. The van der Waals surface area contributed by atoms with E-state index in [1.165, 1.54) is 22.3 Å². The highest BCUT2D eigenvalue weighted by Crippen LogP contribution is 2.41. The molecular formula is C49H35NO. The second-order valence-electron chi connectivity index (χ2n) is 13.3. The average molecular weight is 654 g/mol. The molecule has 242 valence electrons. The van der Waals surface area contributed by atoms with Gasteiger partial charge in [-0.1, -0.05) is 140 Å². The van der Waals surface area contributed by atoms with Gasteiger partial charge in [0.15, 0.2) is 0 Å². The first kappa shape index (κ1) is 29.2. The summed E-state index contributed by atoms with van der Waals surface area (Å²) in [5.41, 5.74) is 13.4. The number of pyridine rings is 1. The first-order chi connectivity index (χ1) is 25.2. The summed E-state index contributed by atoms with van der Waals surface area (Å²) in [4.78, 5) is 14.5. The monoisotopic (exact) mass is 653 g/mol. The second kappa shape index (κ2) is 11.7. The molecule has 10 aromatic rings. The average Bonchev–Trinajstić information content (AvgIpc) is 3.55. The van der Waals surface area contributed by atoms with Crippen LogP contribution in [0.2, 0.25) is 0 Å². The van der Waals surface area contributed by atoms with Crippen molar-refractivity contribution in [2.45, 2.75) is 0 Å². The number of aromatic nitrogens is 1. The van der Waals surface area contributed by atoms with Crippen molar-refractivity contribution >= 4 is 38.0 Å². The number of rotatable bonds is 5. The molecule has 0 radical (unpaired) electrons.